The fourth-order valence-electron chi connectivity index (χ4n) is 3.56. The van der Waals surface area contributed by atoms with E-state index in [2.05, 4.69) is 24.9 Å². The van der Waals surface area contributed by atoms with Gasteiger partial charge in [0.05, 0.1) is 16.9 Å². The predicted octanol–water partition coefficient (Wildman–Crippen LogP) is 5.45. The van der Waals surface area contributed by atoms with Crippen molar-refractivity contribution >= 4 is 23.1 Å². The van der Waals surface area contributed by atoms with Gasteiger partial charge in [0.25, 0.3) is 5.89 Å². The zero-order valence-corrected chi connectivity index (χ0v) is 16.8. The molecule has 0 atom stereocenters. The van der Waals surface area contributed by atoms with E-state index < -0.39 is 0 Å². The molecule has 0 spiro atoms. The number of furan rings is 1. The average Bonchev–Trinajstić information content (AvgIpc) is 3.53. The summed E-state index contributed by atoms with van der Waals surface area (Å²) >= 11 is 3.18. The molecular weight excluding hydrogens is 394 g/mol. The zero-order valence-electron chi connectivity index (χ0n) is 15.2. The van der Waals surface area contributed by atoms with Crippen LogP contribution in [0.15, 0.2) is 50.0 Å². The number of thioether (sulfide) groups is 1. The first-order valence-electron chi connectivity index (χ1n) is 9.36. The normalized spacial score (nSPS) is 15.3. The second kappa shape index (κ2) is 7.92. The molecule has 1 aliphatic rings. The maximum atomic E-state index is 5.60. The highest BCUT2D eigenvalue weighted by Crippen LogP contribution is 2.36. The second-order valence-electron chi connectivity index (χ2n) is 6.73. The second-order valence-corrected chi connectivity index (χ2v) is 8.62. The fourth-order valence-corrected chi connectivity index (χ4v) is 5.05. The molecule has 1 aliphatic carbocycles. The van der Waals surface area contributed by atoms with E-state index in [4.69, 9.17) is 8.94 Å². The molecule has 28 heavy (non-hydrogen) atoms. The number of nitrogens with zero attached hydrogens (tertiary/aromatic N) is 5. The Labute approximate surface area is 170 Å². The highest BCUT2D eigenvalue weighted by Gasteiger charge is 2.25. The van der Waals surface area contributed by atoms with Gasteiger partial charge in [-0.25, -0.2) is 0 Å². The Hall–Kier alpha value is -2.39. The van der Waals surface area contributed by atoms with E-state index in [9.17, 15) is 0 Å². The van der Waals surface area contributed by atoms with E-state index in [-0.39, 0.29) is 0 Å². The van der Waals surface area contributed by atoms with Crippen LogP contribution in [-0.2, 0) is 5.75 Å². The molecule has 5 rings (SSSR count). The van der Waals surface area contributed by atoms with Gasteiger partial charge in [0.1, 0.15) is 0 Å². The summed E-state index contributed by atoms with van der Waals surface area (Å²) in [6, 6.07) is 8.17. The molecule has 0 unspecified atom stereocenters. The third-order valence-corrected chi connectivity index (χ3v) is 6.67. The number of hydrogen-bond acceptors (Lipinski definition) is 8. The third-order valence-electron chi connectivity index (χ3n) is 4.88. The summed E-state index contributed by atoms with van der Waals surface area (Å²) in [6.45, 7) is 0. The lowest BCUT2D eigenvalue weighted by molar-refractivity contribution is 0.337. The minimum atomic E-state index is 0.401. The summed E-state index contributed by atoms with van der Waals surface area (Å²) in [7, 11) is 0. The van der Waals surface area contributed by atoms with Crippen molar-refractivity contribution in [2.45, 2.75) is 49.1 Å². The van der Waals surface area contributed by atoms with Crippen molar-refractivity contribution in [3.63, 3.8) is 0 Å². The molecule has 0 amide bonds. The minimum Gasteiger partial charge on any atom is -0.461 e. The van der Waals surface area contributed by atoms with Gasteiger partial charge in [0.15, 0.2) is 16.7 Å². The van der Waals surface area contributed by atoms with Crippen LogP contribution in [-0.4, -0.2) is 24.9 Å². The Morgan fingerprint density at radius 1 is 1.14 bits per heavy atom. The van der Waals surface area contributed by atoms with Crippen LogP contribution >= 0.6 is 23.1 Å². The smallest absolute Gasteiger partial charge is 0.268 e. The first-order valence-corrected chi connectivity index (χ1v) is 11.2. The average molecular weight is 414 g/mol. The standard InChI is InChI=1S/C19H19N5O2S2/c1-2-6-13(7-3-1)24-17(14-8-4-10-25-14)21-22-19(24)28-12-16-20-18(26-23-16)15-9-5-11-27-15/h4-5,8-11,13H,1-3,6-7,12H2. The molecule has 0 bridgehead atoms. The fraction of sp³-hybridized carbons (Fsp3) is 0.368. The van der Waals surface area contributed by atoms with Crippen molar-refractivity contribution < 1.29 is 8.94 Å². The first-order chi connectivity index (χ1) is 13.9. The van der Waals surface area contributed by atoms with Crippen LogP contribution in [0.25, 0.3) is 22.4 Å². The molecule has 4 heterocycles. The molecule has 1 saturated carbocycles. The van der Waals surface area contributed by atoms with Crippen molar-refractivity contribution in [2.75, 3.05) is 0 Å². The Bertz CT molecular complexity index is 1020. The van der Waals surface area contributed by atoms with Crippen molar-refractivity contribution in [1.29, 1.82) is 0 Å². The molecule has 0 aliphatic heterocycles. The van der Waals surface area contributed by atoms with Crippen LogP contribution < -0.4 is 0 Å². The SMILES string of the molecule is c1coc(-c2nnc(SCc3noc(-c4cccs4)n3)n2C2CCCCC2)c1. The summed E-state index contributed by atoms with van der Waals surface area (Å²) in [6.07, 6.45) is 7.73. The minimum absolute atomic E-state index is 0.401. The molecule has 9 heteroatoms. The first kappa shape index (κ1) is 17.7. The Kier molecular flexibility index (Phi) is 5.01. The number of hydrogen-bond donors (Lipinski definition) is 0. The molecule has 144 valence electrons. The van der Waals surface area contributed by atoms with Gasteiger partial charge in [-0.15, -0.1) is 21.5 Å². The van der Waals surface area contributed by atoms with Gasteiger partial charge < -0.3 is 8.94 Å². The van der Waals surface area contributed by atoms with Crippen molar-refractivity contribution in [1.82, 2.24) is 24.9 Å². The summed E-state index contributed by atoms with van der Waals surface area (Å²) in [4.78, 5) is 5.48. The zero-order chi connectivity index (χ0) is 18.8. The van der Waals surface area contributed by atoms with Gasteiger partial charge in [-0.05, 0) is 36.4 Å². The van der Waals surface area contributed by atoms with Crippen molar-refractivity contribution in [3.8, 4) is 22.4 Å². The predicted molar refractivity (Wildman–Crippen MR) is 107 cm³/mol. The largest absolute Gasteiger partial charge is 0.461 e. The monoisotopic (exact) mass is 413 g/mol. The summed E-state index contributed by atoms with van der Waals surface area (Å²) in [5.41, 5.74) is 0. The van der Waals surface area contributed by atoms with E-state index >= 15 is 0 Å². The van der Waals surface area contributed by atoms with Crippen LogP contribution in [0.1, 0.15) is 44.0 Å². The lowest BCUT2D eigenvalue weighted by Crippen LogP contribution is -2.15. The summed E-state index contributed by atoms with van der Waals surface area (Å²) in [5.74, 6) is 3.36. The molecule has 4 aromatic heterocycles. The van der Waals surface area contributed by atoms with Gasteiger partial charge >= 0.3 is 0 Å². The molecule has 0 radical (unpaired) electrons. The van der Waals surface area contributed by atoms with Gasteiger partial charge in [-0.2, -0.15) is 4.98 Å². The number of thiophene rings is 1. The topological polar surface area (TPSA) is 82.8 Å². The van der Waals surface area contributed by atoms with Gasteiger partial charge in [0.2, 0.25) is 5.82 Å². The van der Waals surface area contributed by atoms with Crippen LogP contribution in [0, 0.1) is 0 Å². The maximum absolute atomic E-state index is 5.60. The maximum Gasteiger partial charge on any atom is 0.268 e. The highest BCUT2D eigenvalue weighted by molar-refractivity contribution is 7.98. The summed E-state index contributed by atoms with van der Waals surface area (Å²) in [5, 5.41) is 15.9. The van der Waals surface area contributed by atoms with E-state index in [1.807, 2.05) is 29.6 Å². The van der Waals surface area contributed by atoms with E-state index in [1.54, 1.807) is 29.4 Å². The molecule has 7 nitrogen and oxygen atoms in total. The quantitative estimate of drug-likeness (QED) is 0.389. The van der Waals surface area contributed by atoms with E-state index in [0.717, 1.165) is 34.5 Å². The Morgan fingerprint density at radius 2 is 2.07 bits per heavy atom. The molecular formula is C19H19N5O2S2. The van der Waals surface area contributed by atoms with E-state index in [1.165, 1.54) is 19.3 Å². The molecule has 0 aromatic carbocycles. The third kappa shape index (κ3) is 3.51. The summed E-state index contributed by atoms with van der Waals surface area (Å²) < 4.78 is 13.2. The van der Waals surface area contributed by atoms with Crippen molar-refractivity contribution in [2.24, 2.45) is 0 Å². The van der Waals surface area contributed by atoms with Crippen molar-refractivity contribution in [3.05, 3.63) is 41.7 Å². The van der Waals surface area contributed by atoms with Crippen LogP contribution in [0.5, 0.6) is 0 Å². The highest BCUT2D eigenvalue weighted by atomic mass is 32.2. The molecule has 4 aromatic rings. The van der Waals surface area contributed by atoms with Gasteiger partial charge in [-0.3, -0.25) is 4.57 Å². The lowest BCUT2D eigenvalue weighted by Gasteiger charge is -2.25. The van der Waals surface area contributed by atoms with Crippen LogP contribution in [0.4, 0.5) is 0 Å². The molecule has 0 saturated heterocycles. The van der Waals surface area contributed by atoms with Gasteiger partial charge in [0, 0.05) is 6.04 Å². The van der Waals surface area contributed by atoms with Crippen LogP contribution in [0.3, 0.4) is 0 Å². The Morgan fingerprint density at radius 3 is 2.86 bits per heavy atom. The van der Waals surface area contributed by atoms with E-state index in [0.29, 0.717) is 23.5 Å². The Balaban J connectivity index is 1.39. The lowest BCUT2D eigenvalue weighted by atomic mass is 9.95. The van der Waals surface area contributed by atoms with Crippen LogP contribution in [0.2, 0.25) is 0 Å². The van der Waals surface area contributed by atoms with Gasteiger partial charge in [-0.1, -0.05) is 42.2 Å². The molecule has 0 N–H and O–H groups in total. The number of rotatable bonds is 6. The molecule has 1 fully saturated rings. The number of aromatic nitrogens is 5.